The highest BCUT2D eigenvalue weighted by Gasteiger charge is 2.21. The molecule has 0 saturated carbocycles. The zero-order valence-electron chi connectivity index (χ0n) is 19.9. The molecule has 2 amide bonds. The third-order valence-corrected chi connectivity index (χ3v) is 5.98. The number of amides is 2. The molecule has 4 rings (SSSR count). The molecule has 0 aliphatic carbocycles. The minimum atomic E-state index is -0.247. The van der Waals surface area contributed by atoms with E-state index in [9.17, 15) is 9.59 Å². The minimum Gasteiger partial charge on any atom is -0.387 e. The highest BCUT2D eigenvalue weighted by molar-refractivity contribution is 6.07. The van der Waals surface area contributed by atoms with Crippen molar-refractivity contribution in [3.05, 3.63) is 58.4 Å². The molecule has 2 aromatic rings. The van der Waals surface area contributed by atoms with Gasteiger partial charge in [-0.1, -0.05) is 19.9 Å². The van der Waals surface area contributed by atoms with E-state index in [-0.39, 0.29) is 18.2 Å². The van der Waals surface area contributed by atoms with Gasteiger partial charge in [0.1, 0.15) is 5.84 Å². The zero-order chi connectivity index (χ0) is 24.1. The number of amidine groups is 1. The molecule has 0 unspecified atom stereocenters. The SMILES string of the molecule is CCCN(CCC)C(=O)C1=Cc2ccc(C(=O)Nc3cnc4c(c3)CNCC4)cc2N=C(N)C1. The molecular formula is C26H32N6O2. The van der Waals surface area contributed by atoms with Crippen LogP contribution < -0.4 is 16.4 Å². The van der Waals surface area contributed by atoms with Crippen molar-refractivity contribution < 1.29 is 9.59 Å². The molecule has 34 heavy (non-hydrogen) atoms. The summed E-state index contributed by atoms with van der Waals surface area (Å²) in [7, 11) is 0. The molecule has 0 saturated heterocycles. The molecule has 1 aromatic carbocycles. The number of hydrogen-bond acceptors (Lipinski definition) is 6. The largest absolute Gasteiger partial charge is 0.387 e. The van der Waals surface area contributed by atoms with Crippen LogP contribution in [-0.2, 0) is 17.8 Å². The van der Waals surface area contributed by atoms with E-state index >= 15 is 0 Å². The molecule has 8 heteroatoms. The van der Waals surface area contributed by atoms with Gasteiger partial charge in [-0.05, 0) is 42.7 Å². The number of aromatic nitrogens is 1. The maximum Gasteiger partial charge on any atom is 0.255 e. The quantitative estimate of drug-likeness (QED) is 0.586. The Labute approximate surface area is 200 Å². The van der Waals surface area contributed by atoms with Gasteiger partial charge in [0, 0.05) is 61.4 Å². The van der Waals surface area contributed by atoms with E-state index in [1.54, 1.807) is 18.3 Å². The number of anilines is 1. The third-order valence-electron chi connectivity index (χ3n) is 5.98. The number of hydrogen-bond donors (Lipinski definition) is 3. The van der Waals surface area contributed by atoms with Gasteiger partial charge in [0.25, 0.3) is 5.91 Å². The Kier molecular flexibility index (Phi) is 7.37. The van der Waals surface area contributed by atoms with E-state index in [0.29, 0.717) is 41.4 Å². The molecule has 0 atom stereocenters. The summed E-state index contributed by atoms with van der Waals surface area (Å²) in [5.41, 5.74) is 11.4. The van der Waals surface area contributed by atoms with E-state index in [2.05, 4.69) is 34.5 Å². The van der Waals surface area contributed by atoms with Gasteiger partial charge in [-0.15, -0.1) is 0 Å². The summed E-state index contributed by atoms with van der Waals surface area (Å²) in [6.07, 6.45) is 6.51. The van der Waals surface area contributed by atoms with E-state index in [0.717, 1.165) is 49.2 Å². The Balaban J connectivity index is 1.56. The summed E-state index contributed by atoms with van der Waals surface area (Å²) < 4.78 is 0. The molecule has 4 N–H and O–H groups in total. The molecule has 2 aliphatic heterocycles. The van der Waals surface area contributed by atoms with Gasteiger partial charge in [-0.2, -0.15) is 0 Å². The van der Waals surface area contributed by atoms with Crippen molar-refractivity contribution in [2.45, 2.75) is 46.1 Å². The normalized spacial score (nSPS) is 14.8. The molecule has 0 fully saturated rings. The van der Waals surface area contributed by atoms with Gasteiger partial charge < -0.3 is 21.3 Å². The molecule has 2 aliphatic rings. The number of aliphatic imine (C=N–C) groups is 1. The second-order valence-corrected chi connectivity index (χ2v) is 8.73. The third kappa shape index (κ3) is 5.34. The lowest BCUT2D eigenvalue weighted by Crippen LogP contribution is -2.34. The first-order valence-electron chi connectivity index (χ1n) is 11.9. The Hall–Kier alpha value is -3.52. The molecule has 0 spiro atoms. The van der Waals surface area contributed by atoms with Crippen molar-refractivity contribution in [2.75, 3.05) is 25.0 Å². The van der Waals surface area contributed by atoms with Crippen molar-refractivity contribution in [2.24, 2.45) is 10.7 Å². The van der Waals surface area contributed by atoms with E-state index in [4.69, 9.17) is 5.73 Å². The zero-order valence-corrected chi connectivity index (χ0v) is 19.9. The molecule has 0 radical (unpaired) electrons. The Morgan fingerprint density at radius 2 is 1.97 bits per heavy atom. The van der Waals surface area contributed by atoms with Gasteiger partial charge in [-0.25, -0.2) is 4.99 Å². The fraction of sp³-hybridized carbons (Fsp3) is 0.385. The van der Waals surface area contributed by atoms with Crippen LogP contribution in [0, 0.1) is 0 Å². The van der Waals surface area contributed by atoms with Crippen LogP contribution in [0.25, 0.3) is 6.08 Å². The van der Waals surface area contributed by atoms with Crippen LogP contribution in [0.5, 0.6) is 0 Å². The summed E-state index contributed by atoms with van der Waals surface area (Å²) in [4.78, 5) is 36.9. The Morgan fingerprint density at radius 3 is 2.74 bits per heavy atom. The first kappa shape index (κ1) is 23.6. The number of carbonyl (C=O) groups excluding carboxylic acids is 2. The number of pyridine rings is 1. The Bertz CT molecular complexity index is 1150. The second-order valence-electron chi connectivity index (χ2n) is 8.73. The molecular weight excluding hydrogens is 428 g/mol. The predicted molar refractivity (Wildman–Crippen MR) is 135 cm³/mol. The van der Waals surface area contributed by atoms with Crippen LogP contribution in [0.4, 0.5) is 11.4 Å². The summed E-state index contributed by atoms with van der Waals surface area (Å²) >= 11 is 0. The number of nitrogens with zero attached hydrogens (tertiary/aromatic N) is 3. The van der Waals surface area contributed by atoms with Crippen LogP contribution >= 0.6 is 0 Å². The lowest BCUT2D eigenvalue weighted by atomic mass is 10.0. The van der Waals surface area contributed by atoms with Crippen LogP contribution in [0.3, 0.4) is 0 Å². The number of nitrogens with two attached hydrogens (primary N) is 1. The first-order valence-corrected chi connectivity index (χ1v) is 11.9. The van der Waals surface area contributed by atoms with Crippen molar-refractivity contribution in [3.8, 4) is 0 Å². The highest BCUT2D eigenvalue weighted by Crippen LogP contribution is 2.29. The van der Waals surface area contributed by atoms with Crippen LogP contribution in [0.15, 0.2) is 41.0 Å². The summed E-state index contributed by atoms with van der Waals surface area (Å²) in [5, 5.41) is 6.24. The lowest BCUT2D eigenvalue weighted by Gasteiger charge is -2.22. The highest BCUT2D eigenvalue weighted by atomic mass is 16.2. The molecule has 0 bridgehead atoms. The molecule has 8 nitrogen and oxygen atoms in total. The summed E-state index contributed by atoms with van der Waals surface area (Å²) in [6, 6.07) is 7.24. The van der Waals surface area contributed by atoms with E-state index in [1.807, 2.05) is 23.1 Å². The van der Waals surface area contributed by atoms with E-state index < -0.39 is 0 Å². The fourth-order valence-electron chi connectivity index (χ4n) is 4.35. The van der Waals surface area contributed by atoms with E-state index in [1.165, 1.54) is 0 Å². The number of nitrogens with one attached hydrogen (secondary N) is 2. The van der Waals surface area contributed by atoms with Crippen molar-refractivity contribution in [1.29, 1.82) is 0 Å². The van der Waals surface area contributed by atoms with Gasteiger partial charge in [0.05, 0.1) is 17.6 Å². The minimum absolute atomic E-state index is 0.00841. The topological polar surface area (TPSA) is 113 Å². The van der Waals surface area contributed by atoms with Crippen molar-refractivity contribution in [3.63, 3.8) is 0 Å². The number of rotatable bonds is 7. The van der Waals surface area contributed by atoms with Crippen LogP contribution in [0.2, 0.25) is 0 Å². The fourth-order valence-corrected chi connectivity index (χ4v) is 4.35. The second kappa shape index (κ2) is 10.6. The smallest absolute Gasteiger partial charge is 0.255 e. The average molecular weight is 461 g/mol. The molecule has 3 heterocycles. The maximum atomic E-state index is 13.1. The number of fused-ring (bicyclic) bond motifs is 2. The van der Waals surface area contributed by atoms with Gasteiger partial charge in [0.15, 0.2) is 0 Å². The lowest BCUT2D eigenvalue weighted by molar-refractivity contribution is -0.127. The van der Waals surface area contributed by atoms with Crippen molar-refractivity contribution in [1.82, 2.24) is 15.2 Å². The predicted octanol–water partition coefficient (Wildman–Crippen LogP) is 3.40. The van der Waals surface area contributed by atoms with Crippen molar-refractivity contribution >= 4 is 35.1 Å². The summed E-state index contributed by atoms with van der Waals surface area (Å²) in [6.45, 7) is 7.21. The molecule has 178 valence electrons. The Morgan fingerprint density at radius 1 is 1.18 bits per heavy atom. The van der Waals surface area contributed by atoms with Crippen LogP contribution in [0.1, 0.15) is 60.3 Å². The van der Waals surface area contributed by atoms with Gasteiger partial charge >= 0.3 is 0 Å². The number of benzene rings is 1. The molecule has 1 aromatic heterocycles. The summed E-state index contributed by atoms with van der Waals surface area (Å²) in [5.74, 6) is 0.102. The van der Waals surface area contributed by atoms with Crippen LogP contribution in [-0.4, -0.2) is 47.2 Å². The maximum absolute atomic E-state index is 13.1. The monoisotopic (exact) mass is 460 g/mol. The first-order chi connectivity index (χ1) is 16.5. The average Bonchev–Trinajstić information content (AvgIpc) is 3.00. The van der Waals surface area contributed by atoms with Gasteiger partial charge in [-0.3, -0.25) is 14.6 Å². The number of carbonyl (C=O) groups is 2. The standard InChI is InChI=1S/C26H32N6O2/c1-3-9-32(10-4-2)26(34)19-11-17-5-6-18(13-23(17)31-24(27)14-19)25(33)30-21-12-20-15-28-8-7-22(20)29-16-21/h5-6,11-13,16,28H,3-4,7-10,14-15H2,1-2H3,(H2,27,31)(H,30,33). The van der Waals surface area contributed by atoms with Gasteiger partial charge in [0.2, 0.25) is 5.91 Å².